The van der Waals surface area contributed by atoms with Crippen molar-refractivity contribution in [1.29, 1.82) is 0 Å². The van der Waals surface area contributed by atoms with Gasteiger partial charge in [0.05, 0.1) is 13.2 Å². The van der Waals surface area contributed by atoms with E-state index >= 15 is 0 Å². The van der Waals surface area contributed by atoms with E-state index < -0.39 is 26.5 Å². The van der Waals surface area contributed by atoms with Crippen molar-refractivity contribution in [2.75, 3.05) is 26.4 Å². The third-order valence-electron chi connectivity index (χ3n) is 15.0. The zero-order chi connectivity index (χ0) is 63.0. The molecule has 0 aliphatic heterocycles. The molecule has 0 aromatic rings. The second-order valence-electron chi connectivity index (χ2n) is 23.4. The molecule has 0 aromatic heterocycles. The molecule has 2 unspecified atom stereocenters. The first-order chi connectivity index (χ1) is 42.8. The lowest BCUT2D eigenvalue weighted by atomic mass is 10.0. The summed E-state index contributed by atoms with van der Waals surface area (Å²) in [6, 6.07) is 0. The number of unbranched alkanes of at least 4 members (excludes halogenated alkanes) is 31. The fraction of sp³-hybridized carbons (Fsp3) is 0.688. The lowest BCUT2D eigenvalue weighted by Gasteiger charge is -2.19. The van der Waals surface area contributed by atoms with Crippen molar-refractivity contribution >= 4 is 19.8 Å². The molecule has 0 aliphatic rings. The highest BCUT2D eigenvalue weighted by Crippen LogP contribution is 2.43. The van der Waals surface area contributed by atoms with Crippen molar-refractivity contribution in [1.82, 2.24) is 0 Å². The molecule has 3 N–H and O–H groups in total. The molecule has 0 radical (unpaired) electrons. The predicted molar refractivity (Wildman–Crippen MR) is 376 cm³/mol. The van der Waals surface area contributed by atoms with Gasteiger partial charge in [0.2, 0.25) is 0 Å². The number of ether oxygens (including phenoxy) is 2. The van der Waals surface area contributed by atoms with Gasteiger partial charge in [-0.15, -0.1) is 0 Å². The van der Waals surface area contributed by atoms with Gasteiger partial charge in [0.1, 0.15) is 6.61 Å². The molecule has 498 valence electrons. The fourth-order valence-corrected chi connectivity index (χ4v) is 10.5. The van der Waals surface area contributed by atoms with Crippen LogP contribution in [0.2, 0.25) is 0 Å². The topological polar surface area (TPSA) is 134 Å². The Morgan fingerprint density at radius 2 is 0.632 bits per heavy atom. The van der Waals surface area contributed by atoms with Crippen LogP contribution < -0.4 is 5.73 Å². The average Bonchev–Trinajstić information content (AvgIpc) is 3.64. The van der Waals surface area contributed by atoms with Crippen molar-refractivity contribution in [2.24, 2.45) is 5.73 Å². The van der Waals surface area contributed by atoms with Crippen molar-refractivity contribution in [3.63, 3.8) is 0 Å². The average molecular weight is 1230 g/mol. The number of carbonyl (C=O) groups is 2. The first-order valence-corrected chi connectivity index (χ1v) is 37.2. The van der Waals surface area contributed by atoms with E-state index in [0.717, 1.165) is 103 Å². The molecule has 0 bridgehead atoms. The highest BCUT2D eigenvalue weighted by molar-refractivity contribution is 7.47. The number of hydrogen-bond acceptors (Lipinski definition) is 8. The summed E-state index contributed by atoms with van der Waals surface area (Å²) in [6.07, 6.45) is 101. The first kappa shape index (κ1) is 83.2. The number of nitrogens with two attached hydrogens (primary N) is 1. The van der Waals surface area contributed by atoms with Crippen LogP contribution in [-0.4, -0.2) is 49.3 Å². The molecule has 0 spiro atoms. The number of allylic oxidation sites excluding steroid dienone is 22. The van der Waals surface area contributed by atoms with Gasteiger partial charge in [0, 0.05) is 19.4 Å². The molecule has 0 fully saturated rings. The van der Waals surface area contributed by atoms with Crippen molar-refractivity contribution in [2.45, 2.75) is 315 Å². The minimum atomic E-state index is -4.40. The quantitative estimate of drug-likeness (QED) is 0.0264. The number of carbonyl (C=O) groups excluding carboxylic acids is 2. The molecule has 2 atom stereocenters. The van der Waals surface area contributed by atoms with Crippen LogP contribution in [0.25, 0.3) is 0 Å². The Morgan fingerprint density at radius 3 is 0.943 bits per heavy atom. The Morgan fingerprint density at radius 1 is 0.356 bits per heavy atom. The summed E-state index contributed by atoms with van der Waals surface area (Å²) in [6.45, 7) is 3.64. The second kappa shape index (κ2) is 71.2. The van der Waals surface area contributed by atoms with Crippen LogP contribution in [0.1, 0.15) is 309 Å². The highest BCUT2D eigenvalue weighted by Gasteiger charge is 2.26. The number of phosphoric acid groups is 1. The number of esters is 2. The van der Waals surface area contributed by atoms with Crippen molar-refractivity contribution < 1.29 is 37.6 Å². The molecule has 0 heterocycles. The van der Waals surface area contributed by atoms with Crippen LogP contribution in [0.4, 0.5) is 0 Å². The largest absolute Gasteiger partial charge is 0.472 e. The first-order valence-electron chi connectivity index (χ1n) is 35.7. The van der Waals surface area contributed by atoms with Gasteiger partial charge in [-0.25, -0.2) is 4.57 Å². The molecule has 0 aliphatic carbocycles. The number of phosphoric ester groups is 1. The van der Waals surface area contributed by atoms with E-state index in [4.69, 9.17) is 24.3 Å². The molecular formula is C77H132NO8P. The second-order valence-corrected chi connectivity index (χ2v) is 24.8. The number of hydrogen-bond donors (Lipinski definition) is 2. The molecule has 0 amide bonds. The van der Waals surface area contributed by atoms with E-state index in [1.54, 1.807) is 0 Å². The van der Waals surface area contributed by atoms with Gasteiger partial charge in [-0.1, -0.05) is 314 Å². The van der Waals surface area contributed by atoms with Crippen LogP contribution in [0.15, 0.2) is 134 Å². The van der Waals surface area contributed by atoms with Crippen LogP contribution in [0.3, 0.4) is 0 Å². The van der Waals surface area contributed by atoms with Gasteiger partial charge in [-0.05, 0) is 116 Å². The minimum Gasteiger partial charge on any atom is -0.462 e. The standard InChI is InChI=1S/C77H132NO8P/c1-3-5-7-9-11-13-15-17-19-21-23-25-27-29-31-32-33-34-35-36-37-38-39-40-41-42-44-46-48-50-52-54-56-58-60-62-64-66-68-70-77(80)86-75(74-85-87(81,82)84-72-71-78)73-83-76(79)69-67-65-63-61-59-57-55-53-51-49-47-45-43-30-28-26-24-22-20-18-16-14-12-10-8-6-4-2/h5,7,11,13,16-19,22-25,28-31,33-34,36-37,39-40,75H,3-4,6,8-10,12,14-15,20-21,26-27,32,35,38,41-74,78H2,1-2H3,(H,81,82)/b7-5-,13-11-,18-16-,19-17-,24-22-,25-23-,30-28-,31-29-,34-33-,37-36-,40-39-. The maximum absolute atomic E-state index is 12.8. The van der Waals surface area contributed by atoms with E-state index in [1.807, 2.05) is 0 Å². The Balaban J connectivity index is 3.90. The van der Waals surface area contributed by atoms with Gasteiger partial charge in [-0.3, -0.25) is 18.6 Å². The van der Waals surface area contributed by atoms with E-state index in [0.29, 0.717) is 6.42 Å². The molecule has 0 saturated carbocycles. The lowest BCUT2D eigenvalue weighted by molar-refractivity contribution is -0.161. The van der Waals surface area contributed by atoms with Crippen molar-refractivity contribution in [3.05, 3.63) is 134 Å². The molecule has 0 saturated heterocycles. The summed E-state index contributed by atoms with van der Waals surface area (Å²) < 4.78 is 33.2. The maximum Gasteiger partial charge on any atom is 0.472 e. The molecule has 87 heavy (non-hydrogen) atoms. The summed E-state index contributed by atoms with van der Waals surface area (Å²) in [5.74, 6) is -0.828. The number of rotatable bonds is 66. The molecular weight excluding hydrogens is 1100 g/mol. The smallest absolute Gasteiger partial charge is 0.462 e. The molecule has 0 rings (SSSR count). The van der Waals surface area contributed by atoms with Gasteiger partial charge in [0.25, 0.3) is 0 Å². The Kier molecular flexibility index (Phi) is 68.1. The molecule has 9 nitrogen and oxygen atoms in total. The van der Waals surface area contributed by atoms with E-state index in [2.05, 4.69) is 148 Å². The molecule has 10 heteroatoms. The van der Waals surface area contributed by atoms with Gasteiger partial charge in [0.15, 0.2) is 6.10 Å². The van der Waals surface area contributed by atoms with Crippen LogP contribution in [-0.2, 0) is 32.7 Å². The van der Waals surface area contributed by atoms with Crippen LogP contribution in [0.5, 0.6) is 0 Å². The summed E-state index contributed by atoms with van der Waals surface area (Å²) in [5, 5.41) is 0. The SMILES string of the molecule is CC/C=C\C/C=C\C/C=C\C/C=C\C/C=C\C/C=C\C/C=C\C/C=C\CCCCCCCCCCCCCCCCC(=O)OC(COC(=O)CCCCCCCCCCCCCC/C=C\C/C=C\C/C=C\CCCCCCC)COP(=O)(O)OCCN. The third kappa shape index (κ3) is 71.1. The molecule has 0 aromatic carbocycles. The van der Waals surface area contributed by atoms with Crippen LogP contribution in [0, 0.1) is 0 Å². The summed E-state index contributed by atoms with van der Waals surface area (Å²) in [7, 11) is -4.40. The van der Waals surface area contributed by atoms with Crippen molar-refractivity contribution in [3.8, 4) is 0 Å². The zero-order valence-corrected chi connectivity index (χ0v) is 56.9. The minimum absolute atomic E-state index is 0.0486. The van der Waals surface area contributed by atoms with E-state index in [1.165, 1.54) is 173 Å². The summed E-state index contributed by atoms with van der Waals surface area (Å²) >= 11 is 0. The highest BCUT2D eigenvalue weighted by atomic mass is 31.2. The fourth-order valence-electron chi connectivity index (χ4n) is 9.78. The normalized spacial score (nSPS) is 13.7. The third-order valence-corrected chi connectivity index (χ3v) is 16.0. The van der Waals surface area contributed by atoms with E-state index in [9.17, 15) is 19.0 Å². The van der Waals surface area contributed by atoms with E-state index in [-0.39, 0.29) is 38.6 Å². The van der Waals surface area contributed by atoms with Crippen LogP contribution >= 0.6 is 7.82 Å². The lowest BCUT2D eigenvalue weighted by Crippen LogP contribution is -2.29. The Hall–Kier alpha value is -3.85. The Labute approximate surface area is 535 Å². The van der Waals surface area contributed by atoms with Gasteiger partial charge < -0.3 is 20.1 Å². The monoisotopic (exact) mass is 1230 g/mol. The van der Waals surface area contributed by atoms with Gasteiger partial charge >= 0.3 is 19.8 Å². The summed E-state index contributed by atoms with van der Waals surface area (Å²) in [5.41, 5.74) is 5.40. The predicted octanol–water partition coefficient (Wildman–Crippen LogP) is 23.6. The zero-order valence-electron chi connectivity index (χ0n) is 56.0. The van der Waals surface area contributed by atoms with Gasteiger partial charge in [-0.2, -0.15) is 0 Å². The summed E-state index contributed by atoms with van der Waals surface area (Å²) in [4.78, 5) is 35.4. The maximum atomic E-state index is 12.8. The Bertz CT molecular complexity index is 1890.